The molecule has 6 heteroatoms. The molecular formula is C26H31N3O2S. The number of aromatic nitrogens is 1. The van der Waals surface area contributed by atoms with Crippen LogP contribution in [0.5, 0.6) is 0 Å². The summed E-state index contributed by atoms with van der Waals surface area (Å²) in [6, 6.07) is 14.4. The second kappa shape index (κ2) is 8.74. The number of rotatable bonds is 5. The lowest BCUT2D eigenvalue weighted by Crippen LogP contribution is -2.65. The molecule has 5 rings (SSSR count). The molecule has 2 amide bonds. The second-order valence-corrected chi connectivity index (χ2v) is 10.4. The Balaban J connectivity index is 1.46. The molecule has 1 atom stereocenters. The van der Waals surface area contributed by atoms with Crippen molar-refractivity contribution in [3.63, 3.8) is 0 Å². The van der Waals surface area contributed by atoms with Crippen LogP contribution in [-0.4, -0.2) is 39.4 Å². The first-order valence-electron chi connectivity index (χ1n) is 11.8. The van der Waals surface area contributed by atoms with Crippen molar-refractivity contribution in [2.24, 2.45) is 0 Å². The van der Waals surface area contributed by atoms with E-state index in [2.05, 4.69) is 28.1 Å². The minimum absolute atomic E-state index is 0.0199. The van der Waals surface area contributed by atoms with E-state index in [4.69, 9.17) is 0 Å². The predicted molar refractivity (Wildman–Crippen MR) is 129 cm³/mol. The van der Waals surface area contributed by atoms with Crippen LogP contribution in [-0.2, 0) is 17.8 Å². The highest BCUT2D eigenvalue weighted by atomic mass is 32.1. The summed E-state index contributed by atoms with van der Waals surface area (Å²) in [4.78, 5) is 29.3. The van der Waals surface area contributed by atoms with Gasteiger partial charge in [-0.25, -0.2) is 0 Å². The van der Waals surface area contributed by atoms with Gasteiger partial charge in [-0.15, -0.1) is 11.3 Å². The molecule has 2 aromatic heterocycles. The topological polar surface area (TPSA) is 54.3 Å². The predicted octanol–water partition coefficient (Wildman–Crippen LogP) is 5.00. The SMILES string of the molecule is C[C@@]1(C(=O)NC2CCCCCC2)Cn2c(cc3sccc32)C(=O)N1CCc1ccccc1. The maximum Gasteiger partial charge on any atom is 0.271 e. The molecule has 1 saturated carbocycles. The maximum atomic E-state index is 13.8. The summed E-state index contributed by atoms with van der Waals surface area (Å²) < 4.78 is 3.16. The lowest BCUT2D eigenvalue weighted by molar-refractivity contribution is -0.133. The minimum atomic E-state index is -0.918. The third-order valence-electron chi connectivity index (χ3n) is 7.20. The fourth-order valence-corrected chi connectivity index (χ4v) is 6.10. The van der Waals surface area contributed by atoms with Gasteiger partial charge in [0.25, 0.3) is 5.91 Å². The average molecular weight is 450 g/mol. The Morgan fingerprint density at radius 3 is 2.62 bits per heavy atom. The van der Waals surface area contributed by atoms with Crippen LogP contribution in [0.4, 0.5) is 0 Å². The first-order chi connectivity index (χ1) is 15.6. The molecule has 0 saturated heterocycles. The molecule has 1 aromatic carbocycles. The highest BCUT2D eigenvalue weighted by molar-refractivity contribution is 7.17. The van der Waals surface area contributed by atoms with Crippen LogP contribution in [0.25, 0.3) is 10.2 Å². The number of nitrogens with one attached hydrogen (secondary N) is 1. The molecular weight excluding hydrogens is 418 g/mol. The van der Waals surface area contributed by atoms with Gasteiger partial charge in [-0.2, -0.15) is 0 Å². The minimum Gasteiger partial charge on any atom is -0.351 e. The fourth-order valence-electron chi connectivity index (χ4n) is 5.27. The van der Waals surface area contributed by atoms with E-state index in [1.165, 1.54) is 18.4 Å². The molecule has 3 aromatic rings. The van der Waals surface area contributed by atoms with Gasteiger partial charge in [0.15, 0.2) is 0 Å². The van der Waals surface area contributed by atoms with Crippen LogP contribution in [0, 0.1) is 0 Å². The van der Waals surface area contributed by atoms with Gasteiger partial charge in [-0.05, 0) is 49.3 Å². The van der Waals surface area contributed by atoms with E-state index in [1.54, 1.807) is 11.3 Å². The molecule has 1 fully saturated rings. The first-order valence-corrected chi connectivity index (χ1v) is 12.7. The Bertz CT molecular complexity index is 1110. The van der Waals surface area contributed by atoms with E-state index < -0.39 is 5.54 Å². The zero-order chi connectivity index (χ0) is 22.1. The van der Waals surface area contributed by atoms with Crippen molar-refractivity contribution in [1.29, 1.82) is 0 Å². The van der Waals surface area contributed by atoms with E-state index in [-0.39, 0.29) is 17.9 Å². The fraction of sp³-hybridized carbons (Fsp3) is 0.462. The number of benzene rings is 1. The molecule has 0 radical (unpaired) electrons. The van der Waals surface area contributed by atoms with Crippen LogP contribution >= 0.6 is 11.3 Å². The molecule has 32 heavy (non-hydrogen) atoms. The highest BCUT2D eigenvalue weighted by Crippen LogP contribution is 2.34. The van der Waals surface area contributed by atoms with E-state index in [9.17, 15) is 9.59 Å². The van der Waals surface area contributed by atoms with Gasteiger partial charge in [0.05, 0.1) is 16.8 Å². The quantitative estimate of drug-likeness (QED) is 0.558. The Labute approximate surface area is 193 Å². The summed E-state index contributed by atoms with van der Waals surface area (Å²) in [6.45, 7) is 2.96. The van der Waals surface area contributed by atoms with Gasteiger partial charge in [0.1, 0.15) is 11.2 Å². The molecule has 1 aliphatic heterocycles. The smallest absolute Gasteiger partial charge is 0.271 e. The monoisotopic (exact) mass is 449 g/mol. The highest BCUT2D eigenvalue weighted by Gasteiger charge is 2.48. The zero-order valence-corrected chi connectivity index (χ0v) is 19.5. The van der Waals surface area contributed by atoms with Gasteiger partial charge in [-0.3, -0.25) is 9.59 Å². The lowest BCUT2D eigenvalue weighted by Gasteiger charge is -2.44. The first kappa shape index (κ1) is 21.3. The van der Waals surface area contributed by atoms with Crippen molar-refractivity contribution in [3.05, 3.63) is 59.1 Å². The number of nitrogens with zero attached hydrogens (tertiary/aromatic N) is 2. The molecule has 2 aliphatic rings. The van der Waals surface area contributed by atoms with Crippen molar-refractivity contribution < 1.29 is 9.59 Å². The molecule has 0 bridgehead atoms. The van der Waals surface area contributed by atoms with Crippen LogP contribution in [0.15, 0.2) is 47.8 Å². The second-order valence-electron chi connectivity index (χ2n) is 9.41. The van der Waals surface area contributed by atoms with Crippen molar-refractivity contribution in [1.82, 2.24) is 14.8 Å². The van der Waals surface area contributed by atoms with Crippen molar-refractivity contribution >= 4 is 33.4 Å². The van der Waals surface area contributed by atoms with Crippen LogP contribution in [0.1, 0.15) is 61.5 Å². The number of amides is 2. The maximum absolute atomic E-state index is 13.8. The Kier molecular flexibility index (Phi) is 5.80. The van der Waals surface area contributed by atoms with Crippen LogP contribution in [0.3, 0.4) is 0 Å². The van der Waals surface area contributed by atoms with Crippen LogP contribution < -0.4 is 5.32 Å². The normalized spacial score (nSPS) is 22.0. The standard InChI is InChI=1S/C26H31N3O2S/c1-26(25(31)27-20-11-7-2-3-8-12-20)18-28-21-14-16-32-23(21)17-22(28)24(30)29(26)15-13-19-9-5-4-6-10-19/h4-6,9-10,14,16-17,20H,2-3,7-8,11-13,15,18H2,1H3,(H,27,31)/t26-/m0/s1. The zero-order valence-electron chi connectivity index (χ0n) is 18.7. The summed E-state index contributed by atoms with van der Waals surface area (Å²) in [7, 11) is 0. The van der Waals surface area contributed by atoms with Gasteiger partial charge in [-0.1, -0.05) is 56.0 Å². The number of fused-ring (bicyclic) bond motifs is 3. The molecule has 3 heterocycles. The summed E-state index contributed by atoms with van der Waals surface area (Å²) in [5.74, 6) is -0.0670. The van der Waals surface area contributed by atoms with Gasteiger partial charge in [0.2, 0.25) is 5.91 Å². The molecule has 168 valence electrons. The third-order valence-corrected chi connectivity index (χ3v) is 8.05. The van der Waals surface area contributed by atoms with E-state index >= 15 is 0 Å². The van der Waals surface area contributed by atoms with Crippen molar-refractivity contribution in [2.45, 2.75) is 70.0 Å². The molecule has 0 unspecified atom stereocenters. The van der Waals surface area contributed by atoms with Crippen LogP contribution in [0.2, 0.25) is 0 Å². The van der Waals surface area contributed by atoms with Gasteiger partial charge in [0, 0.05) is 12.6 Å². The summed E-state index contributed by atoms with van der Waals surface area (Å²) >= 11 is 1.64. The largest absolute Gasteiger partial charge is 0.351 e. The number of carbonyl (C=O) groups is 2. The Hall–Kier alpha value is -2.60. The van der Waals surface area contributed by atoms with E-state index in [1.807, 2.05) is 41.5 Å². The molecule has 0 spiro atoms. The van der Waals surface area contributed by atoms with E-state index in [0.29, 0.717) is 18.8 Å². The number of carbonyl (C=O) groups excluding carboxylic acids is 2. The molecule has 1 N–H and O–H groups in total. The van der Waals surface area contributed by atoms with Crippen molar-refractivity contribution in [3.8, 4) is 0 Å². The van der Waals surface area contributed by atoms with E-state index in [0.717, 1.165) is 42.3 Å². The van der Waals surface area contributed by atoms with Gasteiger partial charge < -0.3 is 14.8 Å². The summed E-state index contributed by atoms with van der Waals surface area (Å²) in [5, 5.41) is 5.39. The average Bonchev–Trinajstić information content (AvgIpc) is 3.29. The number of hydrogen-bond acceptors (Lipinski definition) is 3. The molecule has 5 nitrogen and oxygen atoms in total. The summed E-state index contributed by atoms with van der Waals surface area (Å²) in [5.41, 5.74) is 2.00. The molecule has 1 aliphatic carbocycles. The lowest BCUT2D eigenvalue weighted by atomic mass is 9.93. The third kappa shape index (κ3) is 3.85. The number of thiophene rings is 1. The van der Waals surface area contributed by atoms with Gasteiger partial charge >= 0.3 is 0 Å². The Morgan fingerprint density at radius 2 is 1.88 bits per heavy atom. The Morgan fingerprint density at radius 1 is 1.12 bits per heavy atom. The number of hydrogen-bond donors (Lipinski definition) is 1. The van der Waals surface area contributed by atoms with Crippen molar-refractivity contribution in [2.75, 3.05) is 6.54 Å². The summed E-state index contributed by atoms with van der Waals surface area (Å²) in [6.07, 6.45) is 7.61.